The number of aromatic amines is 1. The Bertz CT molecular complexity index is 265. The smallest absolute Gasteiger partial charge is 0.180 e. The van der Waals surface area contributed by atoms with Crippen molar-refractivity contribution < 1.29 is 4.79 Å². The molecule has 1 N–H and O–H groups in total. The highest BCUT2D eigenvalue weighted by molar-refractivity contribution is 5.95. The van der Waals surface area contributed by atoms with E-state index in [4.69, 9.17) is 0 Å². The average Bonchev–Trinajstić information content (AvgIpc) is 2.47. The molecular formula is C9H14N2O. The van der Waals surface area contributed by atoms with Crippen LogP contribution >= 0.6 is 0 Å². The highest BCUT2D eigenvalue weighted by atomic mass is 16.1. The Balaban J connectivity index is 2.59. The summed E-state index contributed by atoms with van der Waals surface area (Å²) in [6, 6.07) is 0. The van der Waals surface area contributed by atoms with Gasteiger partial charge in [0.25, 0.3) is 0 Å². The van der Waals surface area contributed by atoms with Crippen molar-refractivity contribution in [1.29, 1.82) is 0 Å². The second-order valence-corrected chi connectivity index (χ2v) is 2.89. The number of rotatable bonds is 4. The number of aromatic nitrogens is 2. The third-order valence-corrected chi connectivity index (χ3v) is 1.87. The first kappa shape index (κ1) is 8.97. The van der Waals surface area contributed by atoms with Crippen LogP contribution in [-0.2, 0) is 0 Å². The fourth-order valence-electron chi connectivity index (χ4n) is 1.11. The van der Waals surface area contributed by atoms with Gasteiger partial charge in [-0.2, -0.15) is 0 Å². The monoisotopic (exact) mass is 166 g/mol. The minimum atomic E-state index is 0.173. The van der Waals surface area contributed by atoms with E-state index in [-0.39, 0.29) is 5.78 Å². The minimum Gasteiger partial charge on any atom is -0.342 e. The Labute approximate surface area is 72.2 Å². The van der Waals surface area contributed by atoms with Crippen molar-refractivity contribution in [1.82, 2.24) is 9.97 Å². The number of nitrogens with one attached hydrogen (secondary N) is 1. The van der Waals surface area contributed by atoms with Gasteiger partial charge in [0.1, 0.15) is 5.69 Å². The lowest BCUT2D eigenvalue weighted by atomic mass is 10.1. The maximum atomic E-state index is 11.4. The molecule has 0 aliphatic carbocycles. The second-order valence-electron chi connectivity index (χ2n) is 2.89. The molecule has 0 saturated carbocycles. The molecule has 0 atom stereocenters. The van der Waals surface area contributed by atoms with Gasteiger partial charge in [-0.25, -0.2) is 4.98 Å². The zero-order valence-electron chi connectivity index (χ0n) is 7.55. The van der Waals surface area contributed by atoms with Crippen LogP contribution in [0.25, 0.3) is 0 Å². The normalized spacial score (nSPS) is 10.2. The molecule has 0 radical (unpaired) electrons. The van der Waals surface area contributed by atoms with E-state index in [0.29, 0.717) is 12.1 Å². The van der Waals surface area contributed by atoms with Crippen molar-refractivity contribution in [2.24, 2.45) is 0 Å². The van der Waals surface area contributed by atoms with Gasteiger partial charge in [0.05, 0.1) is 12.0 Å². The predicted molar refractivity (Wildman–Crippen MR) is 47.2 cm³/mol. The van der Waals surface area contributed by atoms with Crippen LogP contribution in [0.2, 0.25) is 0 Å². The van der Waals surface area contributed by atoms with Crippen LogP contribution in [0.4, 0.5) is 0 Å². The van der Waals surface area contributed by atoms with Crippen molar-refractivity contribution in [3.63, 3.8) is 0 Å². The second kappa shape index (κ2) is 4.04. The van der Waals surface area contributed by atoms with Gasteiger partial charge in [-0.05, 0) is 13.3 Å². The van der Waals surface area contributed by atoms with Crippen LogP contribution in [0, 0.1) is 6.92 Å². The topological polar surface area (TPSA) is 45.8 Å². The quantitative estimate of drug-likeness (QED) is 0.696. The molecule has 1 aromatic heterocycles. The zero-order valence-corrected chi connectivity index (χ0v) is 7.55. The zero-order chi connectivity index (χ0) is 8.97. The van der Waals surface area contributed by atoms with Gasteiger partial charge in [-0.3, -0.25) is 4.79 Å². The molecule has 0 fully saturated rings. The van der Waals surface area contributed by atoms with Crippen molar-refractivity contribution >= 4 is 5.78 Å². The number of Topliss-reactive ketones (excluding diaryl/α,β-unsaturated/α-hetero) is 1. The molecule has 0 aromatic carbocycles. The summed E-state index contributed by atoms with van der Waals surface area (Å²) in [5.74, 6) is 0.173. The summed E-state index contributed by atoms with van der Waals surface area (Å²) >= 11 is 0. The maximum absolute atomic E-state index is 11.4. The van der Waals surface area contributed by atoms with Crippen molar-refractivity contribution in [2.45, 2.75) is 33.1 Å². The highest BCUT2D eigenvalue weighted by Crippen LogP contribution is 2.06. The van der Waals surface area contributed by atoms with E-state index in [1.54, 1.807) is 6.33 Å². The standard InChI is InChI=1S/C9H14N2O/c1-3-4-5-8(12)9-7(2)10-6-11-9/h6H,3-5H2,1-2H3,(H,10,11). The third kappa shape index (κ3) is 1.94. The molecule has 0 aliphatic heterocycles. The largest absolute Gasteiger partial charge is 0.342 e. The Morgan fingerprint density at radius 1 is 1.67 bits per heavy atom. The van der Waals surface area contributed by atoms with Crippen LogP contribution in [0.1, 0.15) is 42.4 Å². The summed E-state index contributed by atoms with van der Waals surface area (Å²) in [6.45, 7) is 3.92. The Morgan fingerprint density at radius 3 is 2.92 bits per heavy atom. The summed E-state index contributed by atoms with van der Waals surface area (Å²) in [7, 11) is 0. The van der Waals surface area contributed by atoms with Crippen LogP contribution < -0.4 is 0 Å². The van der Waals surface area contributed by atoms with Crippen LogP contribution in [0.15, 0.2) is 6.33 Å². The molecule has 12 heavy (non-hydrogen) atoms. The number of H-pyrrole nitrogens is 1. The lowest BCUT2D eigenvalue weighted by molar-refractivity contribution is 0.0975. The van der Waals surface area contributed by atoms with E-state index < -0.39 is 0 Å². The molecule has 1 heterocycles. The highest BCUT2D eigenvalue weighted by Gasteiger charge is 2.09. The molecule has 0 bridgehead atoms. The molecule has 0 aliphatic rings. The van der Waals surface area contributed by atoms with Crippen molar-refractivity contribution in [3.8, 4) is 0 Å². The van der Waals surface area contributed by atoms with E-state index in [1.807, 2.05) is 6.92 Å². The predicted octanol–water partition coefficient (Wildman–Crippen LogP) is 2.09. The summed E-state index contributed by atoms with van der Waals surface area (Å²) < 4.78 is 0. The molecule has 1 rings (SSSR count). The van der Waals surface area contributed by atoms with E-state index >= 15 is 0 Å². The fraction of sp³-hybridized carbons (Fsp3) is 0.556. The van der Waals surface area contributed by atoms with Gasteiger partial charge < -0.3 is 4.98 Å². The van der Waals surface area contributed by atoms with Gasteiger partial charge in [0.2, 0.25) is 0 Å². The first-order valence-electron chi connectivity index (χ1n) is 4.29. The Hall–Kier alpha value is -1.12. The third-order valence-electron chi connectivity index (χ3n) is 1.87. The van der Waals surface area contributed by atoms with Gasteiger partial charge in [-0.1, -0.05) is 13.3 Å². The van der Waals surface area contributed by atoms with Gasteiger partial charge in [0.15, 0.2) is 5.78 Å². The number of hydrogen-bond donors (Lipinski definition) is 1. The van der Waals surface area contributed by atoms with Crippen molar-refractivity contribution in [3.05, 3.63) is 17.7 Å². The molecule has 1 aromatic rings. The average molecular weight is 166 g/mol. The number of ketones is 1. The summed E-state index contributed by atoms with van der Waals surface area (Å²) in [5, 5.41) is 0. The van der Waals surface area contributed by atoms with E-state index in [2.05, 4.69) is 16.9 Å². The number of unbranched alkanes of at least 4 members (excludes halogenated alkanes) is 1. The number of hydrogen-bond acceptors (Lipinski definition) is 2. The van der Waals surface area contributed by atoms with Crippen LogP contribution in [0.3, 0.4) is 0 Å². The molecule has 0 amide bonds. The van der Waals surface area contributed by atoms with Crippen LogP contribution in [0.5, 0.6) is 0 Å². The molecular weight excluding hydrogens is 152 g/mol. The first-order valence-corrected chi connectivity index (χ1v) is 4.29. The van der Waals surface area contributed by atoms with Gasteiger partial charge in [-0.15, -0.1) is 0 Å². The molecule has 0 unspecified atom stereocenters. The van der Waals surface area contributed by atoms with Crippen molar-refractivity contribution in [2.75, 3.05) is 0 Å². The number of aryl methyl sites for hydroxylation is 1. The van der Waals surface area contributed by atoms with E-state index in [1.165, 1.54) is 0 Å². The minimum absolute atomic E-state index is 0.173. The van der Waals surface area contributed by atoms with E-state index in [9.17, 15) is 4.79 Å². The Morgan fingerprint density at radius 2 is 2.42 bits per heavy atom. The number of carbonyl (C=O) groups is 1. The number of carbonyl (C=O) groups excluding carboxylic acids is 1. The Kier molecular flexibility index (Phi) is 3.02. The van der Waals surface area contributed by atoms with E-state index in [0.717, 1.165) is 18.5 Å². The van der Waals surface area contributed by atoms with Crippen LogP contribution in [-0.4, -0.2) is 15.8 Å². The molecule has 0 spiro atoms. The molecule has 3 heteroatoms. The summed E-state index contributed by atoms with van der Waals surface area (Å²) in [5.41, 5.74) is 1.47. The van der Waals surface area contributed by atoms with Gasteiger partial charge in [0, 0.05) is 6.42 Å². The molecule has 3 nitrogen and oxygen atoms in total. The lowest BCUT2D eigenvalue weighted by Crippen LogP contribution is -2.01. The maximum Gasteiger partial charge on any atom is 0.180 e. The van der Waals surface area contributed by atoms with Gasteiger partial charge >= 0.3 is 0 Å². The lowest BCUT2D eigenvalue weighted by Gasteiger charge is -1.96. The molecule has 0 saturated heterocycles. The SMILES string of the molecule is CCCCC(=O)c1[nH]cnc1C. The summed E-state index contributed by atoms with van der Waals surface area (Å²) in [6.07, 6.45) is 4.20. The summed E-state index contributed by atoms with van der Waals surface area (Å²) in [4.78, 5) is 18.2. The number of nitrogens with zero attached hydrogens (tertiary/aromatic N) is 1. The first-order chi connectivity index (χ1) is 5.75. The number of imidazole rings is 1. The molecule has 66 valence electrons. The fourth-order valence-corrected chi connectivity index (χ4v) is 1.11.